The number of hydrogen-bond acceptors (Lipinski definition) is 5. The molecular formula is C18H24N2O3S2. The molecule has 1 aliphatic heterocycles. The maximum Gasteiger partial charge on any atom is 0.250 e. The number of anilines is 1. The van der Waals surface area contributed by atoms with Crippen LogP contribution in [-0.2, 0) is 27.6 Å². The van der Waals surface area contributed by atoms with E-state index >= 15 is 0 Å². The van der Waals surface area contributed by atoms with Gasteiger partial charge in [0.25, 0.3) is 0 Å². The minimum absolute atomic E-state index is 0.395. The predicted octanol–water partition coefficient (Wildman–Crippen LogP) is 2.67. The zero-order valence-electron chi connectivity index (χ0n) is 14.4. The topological polar surface area (TPSA) is 58.6 Å². The van der Waals surface area contributed by atoms with E-state index in [1.54, 1.807) is 6.07 Å². The van der Waals surface area contributed by atoms with Gasteiger partial charge in [0.15, 0.2) is 0 Å². The third kappa shape index (κ3) is 4.82. The van der Waals surface area contributed by atoms with Crippen molar-refractivity contribution < 1.29 is 13.2 Å². The molecule has 0 saturated carbocycles. The number of rotatable bonds is 7. The molecule has 25 heavy (non-hydrogen) atoms. The monoisotopic (exact) mass is 380 g/mol. The molecular weight excluding hydrogens is 356 g/mol. The minimum atomic E-state index is -3.40. The van der Waals surface area contributed by atoms with Gasteiger partial charge in [-0.25, -0.2) is 13.1 Å². The Bertz CT molecular complexity index is 779. The van der Waals surface area contributed by atoms with Crippen molar-refractivity contribution in [2.24, 2.45) is 0 Å². The van der Waals surface area contributed by atoms with E-state index in [0.29, 0.717) is 17.2 Å². The Morgan fingerprint density at radius 3 is 2.48 bits per heavy atom. The molecule has 1 aromatic carbocycles. The third-order valence-electron chi connectivity index (χ3n) is 4.27. The number of thiophene rings is 1. The summed E-state index contributed by atoms with van der Waals surface area (Å²) < 4.78 is 33.0. The molecule has 0 atom stereocenters. The van der Waals surface area contributed by atoms with Crippen molar-refractivity contribution in [2.75, 3.05) is 37.7 Å². The van der Waals surface area contributed by atoms with E-state index in [9.17, 15) is 8.42 Å². The number of nitrogens with one attached hydrogen (secondary N) is 1. The van der Waals surface area contributed by atoms with E-state index in [2.05, 4.69) is 33.9 Å². The molecule has 3 rings (SSSR count). The Hall–Kier alpha value is -1.41. The zero-order chi connectivity index (χ0) is 17.7. The summed E-state index contributed by atoms with van der Waals surface area (Å²) in [5, 5.41) is 0. The van der Waals surface area contributed by atoms with E-state index in [0.717, 1.165) is 43.2 Å². The molecule has 2 aromatic rings. The molecule has 1 aromatic heterocycles. The molecule has 5 nitrogen and oxygen atoms in total. The van der Waals surface area contributed by atoms with Crippen molar-refractivity contribution in [3.8, 4) is 0 Å². The number of ether oxygens (including phenoxy) is 1. The van der Waals surface area contributed by atoms with Gasteiger partial charge in [0.2, 0.25) is 10.0 Å². The van der Waals surface area contributed by atoms with Gasteiger partial charge in [-0.05, 0) is 42.7 Å². The Morgan fingerprint density at radius 1 is 1.12 bits per heavy atom. The molecule has 0 unspecified atom stereocenters. The van der Waals surface area contributed by atoms with Gasteiger partial charge in [-0.1, -0.05) is 19.1 Å². The lowest BCUT2D eigenvalue weighted by Gasteiger charge is -2.28. The highest BCUT2D eigenvalue weighted by Crippen LogP contribution is 2.22. The number of nitrogens with zero attached hydrogens (tertiary/aromatic N) is 1. The van der Waals surface area contributed by atoms with Crippen LogP contribution in [0.5, 0.6) is 0 Å². The number of benzene rings is 1. The Kier molecular flexibility index (Phi) is 6.11. The summed E-state index contributed by atoms with van der Waals surface area (Å²) in [6, 6.07) is 11.9. The van der Waals surface area contributed by atoms with Crippen molar-refractivity contribution in [1.29, 1.82) is 0 Å². The van der Waals surface area contributed by atoms with Crippen LogP contribution in [0.3, 0.4) is 0 Å². The second-order valence-corrected chi connectivity index (χ2v) is 9.15. The average Bonchev–Trinajstić information content (AvgIpc) is 3.13. The lowest BCUT2D eigenvalue weighted by atomic mass is 10.1. The standard InChI is InChI=1S/C18H24N2O3S2/c1-2-17-7-8-18(24-17)25(21,22)19-10-9-15-3-5-16(6-4-15)20-11-13-23-14-12-20/h3-8,19H,2,9-14H2,1H3. The summed E-state index contributed by atoms with van der Waals surface area (Å²) in [7, 11) is -3.40. The van der Waals surface area contributed by atoms with Crippen LogP contribution in [0.2, 0.25) is 0 Å². The van der Waals surface area contributed by atoms with Gasteiger partial charge in [-0.2, -0.15) is 0 Å². The molecule has 0 aliphatic carbocycles. The third-order valence-corrected chi connectivity index (χ3v) is 7.45. The van der Waals surface area contributed by atoms with E-state index in [-0.39, 0.29) is 0 Å². The van der Waals surface area contributed by atoms with Gasteiger partial charge >= 0.3 is 0 Å². The summed E-state index contributed by atoms with van der Waals surface area (Å²) in [6.45, 7) is 5.80. The molecule has 0 amide bonds. The molecule has 1 fully saturated rings. The van der Waals surface area contributed by atoms with E-state index in [4.69, 9.17) is 4.74 Å². The van der Waals surface area contributed by atoms with E-state index < -0.39 is 10.0 Å². The fraction of sp³-hybridized carbons (Fsp3) is 0.444. The largest absolute Gasteiger partial charge is 0.378 e. The van der Waals surface area contributed by atoms with Gasteiger partial charge < -0.3 is 9.64 Å². The summed E-state index contributed by atoms with van der Waals surface area (Å²) in [5.74, 6) is 0. The Balaban J connectivity index is 1.53. The van der Waals surface area contributed by atoms with Gasteiger partial charge in [-0.3, -0.25) is 0 Å². The van der Waals surface area contributed by atoms with E-state index in [1.165, 1.54) is 17.0 Å². The molecule has 136 valence electrons. The molecule has 2 heterocycles. The lowest BCUT2D eigenvalue weighted by molar-refractivity contribution is 0.122. The molecule has 1 N–H and O–H groups in total. The first-order chi connectivity index (χ1) is 12.1. The number of sulfonamides is 1. The molecule has 1 aliphatic rings. The first-order valence-corrected chi connectivity index (χ1v) is 10.9. The highest BCUT2D eigenvalue weighted by Gasteiger charge is 2.16. The van der Waals surface area contributed by atoms with Crippen molar-refractivity contribution in [3.05, 3.63) is 46.8 Å². The normalized spacial score (nSPS) is 15.5. The molecule has 0 spiro atoms. The minimum Gasteiger partial charge on any atom is -0.378 e. The van der Waals surface area contributed by atoms with Crippen molar-refractivity contribution in [2.45, 2.75) is 24.0 Å². The second kappa shape index (κ2) is 8.31. The second-order valence-electron chi connectivity index (χ2n) is 5.99. The fourth-order valence-electron chi connectivity index (χ4n) is 2.79. The number of hydrogen-bond donors (Lipinski definition) is 1. The van der Waals surface area contributed by atoms with Crippen molar-refractivity contribution >= 4 is 27.0 Å². The first-order valence-electron chi connectivity index (χ1n) is 8.58. The molecule has 7 heteroatoms. The van der Waals surface area contributed by atoms with Gasteiger partial charge in [0, 0.05) is 30.2 Å². The number of aryl methyl sites for hydroxylation is 1. The Labute approximate surface area is 153 Å². The maximum absolute atomic E-state index is 12.3. The van der Waals surface area contributed by atoms with Crippen LogP contribution in [-0.4, -0.2) is 41.3 Å². The van der Waals surface area contributed by atoms with Crippen LogP contribution in [0.15, 0.2) is 40.6 Å². The summed E-state index contributed by atoms with van der Waals surface area (Å²) in [5.41, 5.74) is 2.32. The van der Waals surface area contributed by atoms with Crippen LogP contribution < -0.4 is 9.62 Å². The summed E-state index contributed by atoms with van der Waals surface area (Å²) in [6.07, 6.45) is 1.53. The molecule has 1 saturated heterocycles. The van der Waals surface area contributed by atoms with Gasteiger partial charge in [0.1, 0.15) is 4.21 Å². The van der Waals surface area contributed by atoms with Gasteiger partial charge in [0.05, 0.1) is 13.2 Å². The van der Waals surface area contributed by atoms with E-state index in [1.807, 2.05) is 13.0 Å². The van der Waals surface area contributed by atoms with Gasteiger partial charge in [-0.15, -0.1) is 11.3 Å². The summed E-state index contributed by atoms with van der Waals surface area (Å²) in [4.78, 5) is 3.39. The SMILES string of the molecule is CCc1ccc(S(=O)(=O)NCCc2ccc(N3CCOCC3)cc2)s1. The first kappa shape index (κ1) is 18.4. The Morgan fingerprint density at radius 2 is 1.84 bits per heavy atom. The van der Waals surface area contributed by atoms with Crippen LogP contribution in [0.25, 0.3) is 0 Å². The smallest absolute Gasteiger partial charge is 0.250 e. The quantitative estimate of drug-likeness (QED) is 0.802. The van der Waals surface area contributed by atoms with Crippen LogP contribution >= 0.6 is 11.3 Å². The molecule has 0 radical (unpaired) electrons. The van der Waals surface area contributed by atoms with Crippen molar-refractivity contribution in [3.63, 3.8) is 0 Å². The fourth-order valence-corrected chi connectivity index (χ4v) is 5.16. The average molecular weight is 381 g/mol. The highest BCUT2D eigenvalue weighted by atomic mass is 32.2. The van der Waals surface area contributed by atoms with Crippen molar-refractivity contribution in [1.82, 2.24) is 4.72 Å². The summed E-state index contributed by atoms with van der Waals surface area (Å²) >= 11 is 1.34. The number of morpholine rings is 1. The highest BCUT2D eigenvalue weighted by molar-refractivity contribution is 7.91. The van der Waals surface area contributed by atoms with Crippen LogP contribution in [0, 0.1) is 0 Å². The molecule has 0 bridgehead atoms. The zero-order valence-corrected chi connectivity index (χ0v) is 16.0. The maximum atomic E-state index is 12.3. The predicted molar refractivity (Wildman–Crippen MR) is 102 cm³/mol. The van der Waals surface area contributed by atoms with Crippen LogP contribution in [0.1, 0.15) is 17.4 Å². The van der Waals surface area contributed by atoms with Crippen LogP contribution in [0.4, 0.5) is 5.69 Å². The lowest BCUT2D eigenvalue weighted by Crippen LogP contribution is -2.36.